The third kappa shape index (κ3) is 4.31. The minimum Gasteiger partial charge on any atom is -0.382 e. The lowest BCUT2D eigenvalue weighted by molar-refractivity contribution is 0.0206. The van der Waals surface area contributed by atoms with Gasteiger partial charge >= 0.3 is 0 Å². The molecule has 6 nitrogen and oxygen atoms in total. The van der Waals surface area contributed by atoms with Gasteiger partial charge in [-0.2, -0.15) is 0 Å². The second-order valence-corrected chi connectivity index (χ2v) is 7.09. The van der Waals surface area contributed by atoms with Crippen LogP contribution >= 0.6 is 11.3 Å². The van der Waals surface area contributed by atoms with E-state index in [1.54, 1.807) is 0 Å². The molecule has 4 N–H and O–H groups in total. The van der Waals surface area contributed by atoms with Gasteiger partial charge in [-0.1, -0.05) is 25.2 Å². The van der Waals surface area contributed by atoms with Gasteiger partial charge in [0, 0.05) is 19.7 Å². The van der Waals surface area contributed by atoms with Crippen LogP contribution in [-0.2, 0) is 4.74 Å². The first-order chi connectivity index (χ1) is 9.89. The molecule has 2 heterocycles. The lowest BCUT2D eigenvalue weighted by Gasteiger charge is -2.23. The zero-order chi connectivity index (χ0) is 15.5. The Hall–Kier alpha value is -1.34. The van der Waals surface area contributed by atoms with Crippen molar-refractivity contribution >= 4 is 28.2 Å². The van der Waals surface area contributed by atoms with E-state index in [-0.39, 0.29) is 17.3 Å². The van der Waals surface area contributed by atoms with E-state index in [0.717, 1.165) is 26.0 Å². The standard InChI is InChI=1S/C14H24N4O2S/c1-9(2)7-16-13-18-11(15)10(21-13)12(19)17-8-14(3)5-4-6-20-14/h9H,4-8,15H2,1-3H3,(H,16,18)(H,17,19). The van der Waals surface area contributed by atoms with Crippen molar-refractivity contribution in [3.8, 4) is 0 Å². The molecule has 7 heteroatoms. The lowest BCUT2D eigenvalue weighted by atomic mass is 10.0. The van der Waals surface area contributed by atoms with Gasteiger partial charge in [-0.25, -0.2) is 4.98 Å². The third-order valence-corrected chi connectivity index (χ3v) is 4.47. The molecule has 21 heavy (non-hydrogen) atoms. The normalized spacial score (nSPS) is 21.7. The van der Waals surface area contributed by atoms with Crippen LogP contribution in [0, 0.1) is 5.92 Å². The maximum Gasteiger partial charge on any atom is 0.265 e. The lowest BCUT2D eigenvalue weighted by Crippen LogP contribution is -2.40. The molecule has 1 aromatic rings. The highest BCUT2D eigenvalue weighted by atomic mass is 32.1. The summed E-state index contributed by atoms with van der Waals surface area (Å²) in [6, 6.07) is 0. The molecular formula is C14H24N4O2S. The van der Waals surface area contributed by atoms with E-state index in [1.165, 1.54) is 11.3 Å². The van der Waals surface area contributed by atoms with Gasteiger partial charge in [0.1, 0.15) is 10.7 Å². The molecule has 0 spiro atoms. The van der Waals surface area contributed by atoms with Crippen LogP contribution in [-0.4, -0.2) is 36.2 Å². The quantitative estimate of drug-likeness (QED) is 0.748. The molecule has 1 amide bonds. The topological polar surface area (TPSA) is 89.3 Å². The summed E-state index contributed by atoms with van der Waals surface area (Å²) in [5.41, 5.74) is 5.58. The van der Waals surface area contributed by atoms with Crippen LogP contribution in [0.15, 0.2) is 0 Å². The second-order valence-electron chi connectivity index (χ2n) is 6.09. The number of carbonyl (C=O) groups is 1. The van der Waals surface area contributed by atoms with Gasteiger partial charge in [-0.05, 0) is 25.7 Å². The van der Waals surface area contributed by atoms with E-state index in [1.807, 2.05) is 6.92 Å². The number of nitrogens with zero attached hydrogens (tertiary/aromatic N) is 1. The molecular weight excluding hydrogens is 288 g/mol. The molecule has 118 valence electrons. The summed E-state index contributed by atoms with van der Waals surface area (Å²) < 4.78 is 5.66. The summed E-state index contributed by atoms with van der Waals surface area (Å²) in [5, 5.41) is 6.78. The molecule has 0 bridgehead atoms. The van der Waals surface area contributed by atoms with E-state index in [2.05, 4.69) is 29.5 Å². The van der Waals surface area contributed by atoms with E-state index in [0.29, 0.717) is 22.5 Å². The fraction of sp³-hybridized carbons (Fsp3) is 0.714. The second kappa shape index (κ2) is 6.62. The Kier molecular flexibility index (Phi) is 5.05. The average molecular weight is 312 g/mol. The predicted molar refractivity (Wildman–Crippen MR) is 85.8 cm³/mol. The first-order valence-corrected chi connectivity index (χ1v) is 8.13. The molecule has 0 aliphatic carbocycles. The van der Waals surface area contributed by atoms with Crippen LogP contribution in [0.3, 0.4) is 0 Å². The van der Waals surface area contributed by atoms with E-state index in [4.69, 9.17) is 10.5 Å². The van der Waals surface area contributed by atoms with Crippen LogP contribution in [0.4, 0.5) is 10.9 Å². The summed E-state index contributed by atoms with van der Waals surface area (Å²) in [6.45, 7) is 8.31. The Labute approximate surface area is 129 Å². The van der Waals surface area contributed by atoms with Gasteiger partial charge < -0.3 is 21.1 Å². The summed E-state index contributed by atoms with van der Waals surface area (Å²) in [6.07, 6.45) is 2.00. The number of rotatable bonds is 6. The van der Waals surface area contributed by atoms with Crippen LogP contribution in [0.1, 0.15) is 43.3 Å². The summed E-state index contributed by atoms with van der Waals surface area (Å²) >= 11 is 1.29. The number of nitrogen functional groups attached to an aromatic ring is 1. The average Bonchev–Trinajstić information content (AvgIpc) is 3.01. The number of anilines is 2. The number of carbonyl (C=O) groups excluding carboxylic acids is 1. The highest BCUT2D eigenvalue weighted by Gasteiger charge is 2.30. The van der Waals surface area contributed by atoms with Gasteiger partial charge in [0.15, 0.2) is 5.13 Å². The predicted octanol–water partition coefficient (Wildman–Crippen LogP) is 2.09. The number of hydrogen-bond donors (Lipinski definition) is 3. The zero-order valence-corrected chi connectivity index (χ0v) is 13.7. The Bertz CT molecular complexity index is 495. The van der Waals surface area contributed by atoms with Crippen molar-refractivity contribution in [3.63, 3.8) is 0 Å². The highest BCUT2D eigenvalue weighted by Crippen LogP contribution is 2.27. The summed E-state index contributed by atoms with van der Waals surface area (Å²) in [5.74, 6) is 0.604. The van der Waals surface area contributed by atoms with Crippen LogP contribution in [0.25, 0.3) is 0 Å². The smallest absolute Gasteiger partial charge is 0.265 e. The van der Waals surface area contributed by atoms with Crippen molar-refractivity contribution in [2.45, 2.75) is 39.2 Å². The van der Waals surface area contributed by atoms with Crippen molar-refractivity contribution in [1.82, 2.24) is 10.3 Å². The van der Waals surface area contributed by atoms with Gasteiger partial charge in [-0.15, -0.1) is 0 Å². The number of amides is 1. The molecule has 1 aliphatic heterocycles. The van der Waals surface area contributed by atoms with Gasteiger partial charge in [0.25, 0.3) is 5.91 Å². The largest absolute Gasteiger partial charge is 0.382 e. The Morgan fingerprint density at radius 3 is 2.95 bits per heavy atom. The number of hydrogen-bond acceptors (Lipinski definition) is 6. The number of nitrogens with two attached hydrogens (primary N) is 1. The molecule has 1 aliphatic rings. The van der Waals surface area contributed by atoms with Gasteiger partial charge in [-0.3, -0.25) is 4.79 Å². The SMILES string of the molecule is CC(C)CNc1nc(N)c(C(=O)NCC2(C)CCCO2)s1. The van der Waals surface area contributed by atoms with Crippen LogP contribution in [0.5, 0.6) is 0 Å². The van der Waals surface area contributed by atoms with Crippen molar-refractivity contribution in [1.29, 1.82) is 0 Å². The molecule has 1 unspecified atom stereocenters. The van der Waals surface area contributed by atoms with Crippen LogP contribution in [0.2, 0.25) is 0 Å². The van der Waals surface area contributed by atoms with Crippen molar-refractivity contribution in [2.24, 2.45) is 5.92 Å². The Morgan fingerprint density at radius 1 is 1.57 bits per heavy atom. The van der Waals surface area contributed by atoms with E-state index in [9.17, 15) is 4.79 Å². The van der Waals surface area contributed by atoms with Crippen molar-refractivity contribution < 1.29 is 9.53 Å². The Morgan fingerprint density at radius 2 is 2.33 bits per heavy atom. The maximum atomic E-state index is 12.2. The summed E-state index contributed by atoms with van der Waals surface area (Å²) in [7, 11) is 0. The minimum absolute atomic E-state index is 0.181. The van der Waals surface area contributed by atoms with Crippen molar-refractivity contribution in [2.75, 3.05) is 30.7 Å². The number of aromatic nitrogens is 1. The monoisotopic (exact) mass is 312 g/mol. The number of ether oxygens (including phenoxy) is 1. The fourth-order valence-electron chi connectivity index (χ4n) is 2.19. The molecule has 1 fully saturated rings. The zero-order valence-electron chi connectivity index (χ0n) is 12.9. The van der Waals surface area contributed by atoms with Gasteiger partial charge in [0.2, 0.25) is 0 Å². The van der Waals surface area contributed by atoms with E-state index < -0.39 is 0 Å². The highest BCUT2D eigenvalue weighted by molar-refractivity contribution is 7.18. The third-order valence-electron chi connectivity index (χ3n) is 3.44. The minimum atomic E-state index is -0.256. The summed E-state index contributed by atoms with van der Waals surface area (Å²) in [4.78, 5) is 16.9. The first-order valence-electron chi connectivity index (χ1n) is 7.32. The molecule has 0 radical (unpaired) electrons. The van der Waals surface area contributed by atoms with Gasteiger partial charge in [0.05, 0.1) is 5.60 Å². The first kappa shape index (κ1) is 16.0. The Balaban J connectivity index is 1.92. The van der Waals surface area contributed by atoms with E-state index >= 15 is 0 Å². The van der Waals surface area contributed by atoms with Crippen molar-refractivity contribution in [3.05, 3.63) is 4.88 Å². The molecule has 1 aromatic heterocycles. The molecule has 1 saturated heterocycles. The number of nitrogens with one attached hydrogen (secondary N) is 2. The maximum absolute atomic E-state index is 12.2. The van der Waals surface area contributed by atoms with Crippen LogP contribution < -0.4 is 16.4 Å². The molecule has 2 rings (SSSR count). The molecule has 1 atom stereocenters. The molecule has 0 aromatic carbocycles. The fourth-order valence-corrected chi connectivity index (χ4v) is 2.99. The molecule has 0 saturated carbocycles. The number of thiazole rings is 1.